The number of aldehydes is 1. The second-order valence-electron chi connectivity index (χ2n) is 9.31. The summed E-state index contributed by atoms with van der Waals surface area (Å²) in [6.07, 6.45) is 7.56. The van der Waals surface area contributed by atoms with E-state index in [-0.39, 0.29) is 18.4 Å². The number of nitrogens with zero attached hydrogens (tertiary/aromatic N) is 3. The molecule has 172 valence electrons. The average molecular weight is 452 g/mol. The predicted molar refractivity (Wildman–Crippen MR) is 120 cm³/mol. The van der Waals surface area contributed by atoms with Crippen LogP contribution in [0.4, 0.5) is 8.78 Å². The number of rotatable bonds is 5. The fraction of sp³-hybridized carbons (Fsp3) is 0.423. The third-order valence-electron chi connectivity index (χ3n) is 7.26. The molecule has 5 nitrogen and oxygen atoms in total. The van der Waals surface area contributed by atoms with Gasteiger partial charge in [0.05, 0.1) is 13.1 Å². The van der Waals surface area contributed by atoms with Crippen LogP contribution in [-0.4, -0.2) is 33.2 Å². The number of hydrogen-bond donors (Lipinski definition) is 0. The Morgan fingerprint density at radius 1 is 1.15 bits per heavy atom. The van der Waals surface area contributed by atoms with Crippen LogP contribution in [0.3, 0.4) is 0 Å². The molecule has 0 bridgehead atoms. The van der Waals surface area contributed by atoms with Crippen LogP contribution in [0.25, 0.3) is 11.0 Å². The lowest BCUT2D eigenvalue weighted by molar-refractivity contribution is -0.133. The van der Waals surface area contributed by atoms with Crippen LogP contribution in [-0.2, 0) is 29.1 Å². The number of amides is 1. The summed E-state index contributed by atoms with van der Waals surface area (Å²) in [7, 11) is 0. The first-order valence-electron chi connectivity index (χ1n) is 11.7. The molecule has 0 atom stereocenters. The molecule has 1 fully saturated rings. The lowest BCUT2D eigenvalue weighted by Crippen LogP contribution is -2.38. The van der Waals surface area contributed by atoms with E-state index in [9.17, 15) is 18.4 Å². The van der Waals surface area contributed by atoms with Crippen molar-refractivity contribution in [3.05, 3.63) is 65.0 Å². The molecular weight excluding hydrogens is 424 g/mol. The van der Waals surface area contributed by atoms with Gasteiger partial charge in [0.2, 0.25) is 5.91 Å². The first-order valence-corrected chi connectivity index (χ1v) is 11.7. The van der Waals surface area contributed by atoms with Crippen LogP contribution in [0.1, 0.15) is 48.9 Å². The topological polar surface area (TPSA) is 55.2 Å². The average Bonchev–Trinajstić information content (AvgIpc) is 3.14. The lowest BCUT2D eigenvalue weighted by atomic mass is 9.81. The van der Waals surface area contributed by atoms with Crippen LogP contribution in [0.5, 0.6) is 0 Å². The maximum Gasteiger partial charge on any atom is 0.223 e. The van der Waals surface area contributed by atoms with Gasteiger partial charge >= 0.3 is 0 Å². The Labute approximate surface area is 191 Å². The van der Waals surface area contributed by atoms with Crippen LogP contribution in [0.15, 0.2) is 36.5 Å². The van der Waals surface area contributed by atoms with Crippen molar-refractivity contribution in [2.24, 2.45) is 11.8 Å². The molecule has 1 aliphatic heterocycles. The van der Waals surface area contributed by atoms with E-state index in [1.54, 1.807) is 6.20 Å². The minimum atomic E-state index is -0.604. The second-order valence-corrected chi connectivity index (χ2v) is 9.31. The Morgan fingerprint density at radius 2 is 1.97 bits per heavy atom. The minimum Gasteiger partial charge on any atom is -0.337 e. The van der Waals surface area contributed by atoms with Gasteiger partial charge in [0.15, 0.2) is 0 Å². The van der Waals surface area contributed by atoms with Crippen molar-refractivity contribution in [1.82, 2.24) is 14.5 Å². The van der Waals surface area contributed by atoms with Gasteiger partial charge in [-0.3, -0.25) is 4.79 Å². The Kier molecular flexibility index (Phi) is 5.96. The van der Waals surface area contributed by atoms with Gasteiger partial charge in [-0.25, -0.2) is 13.8 Å². The number of fused-ring (bicyclic) bond motifs is 3. The highest BCUT2D eigenvalue weighted by Gasteiger charge is 2.30. The van der Waals surface area contributed by atoms with Gasteiger partial charge in [-0.2, -0.15) is 0 Å². The third-order valence-corrected chi connectivity index (χ3v) is 7.26. The standard InChI is InChI=1S/C26H27F2N3O2/c27-20-8-7-19(23(28)13-20)14-31-24-15-30(11-9-21(24)22-2-1-10-29-26(22)31)25(33)12-17-3-5-18(16-32)6-4-17/h1-2,7-8,10,13,16-18H,3-6,9,11-12,14-15H2/t17-,18-. The zero-order chi connectivity index (χ0) is 22.9. The van der Waals surface area contributed by atoms with Crippen LogP contribution in [0.2, 0.25) is 0 Å². The van der Waals surface area contributed by atoms with E-state index in [2.05, 4.69) is 4.98 Å². The van der Waals surface area contributed by atoms with Gasteiger partial charge < -0.3 is 14.3 Å². The second kappa shape index (κ2) is 9.04. The first-order chi connectivity index (χ1) is 16.0. The number of pyridine rings is 1. The maximum absolute atomic E-state index is 14.4. The van der Waals surface area contributed by atoms with Crippen LogP contribution < -0.4 is 0 Å². The van der Waals surface area contributed by atoms with E-state index >= 15 is 0 Å². The van der Waals surface area contributed by atoms with Crippen molar-refractivity contribution in [2.75, 3.05) is 6.54 Å². The van der Waals surface area contributed by atoms with Gasteiger partial charge in [-0.15, -0.1) is 0 Å². The molecule has 0 spiro atoms. The monoisotopic (exact) mass is 451 g/mol. The number of carbonyl (C=O) groups excluding carboxylic acids is 2. The fourth-order valence-corrected chi connectivity index (χ4v) is 5.37. The summed E-state index contributed by atoms with van der Waals surface area (Å²) in [5, 5.41) is 1.02. The molecular formula is C26H27F2N3O2. The fourth-order valence-electron chi connectivity index (χ4n) is 5.37. The SMILES string of the molecule is O=C[C@H]1CC[C@H](CC(=O)N2CCc3c(n(Cc4ccc(F)cc4F)c4ncccc34)C2)CC1. The summed E-state index contributed by atoms with van der Waals surface area (Å²) in [6, 6.07) is 7.53. The van der Waals surface area contributed by atoms with Gasteiger partial charge in [0, 0.05) is 47.8 Å². The molecule has 7 heteroatoms. The summed E-state index contributed by atoms with van der Waals surface area (Å²) in [5.41, 5.74) is 3.26. The summed E-state index contributed by atoms with van der Waals surface area (Å²) in [4.78, 5) is 30.6. The van der Waals surface area contributed by atoms with E-state index < -0.39 is 11.6 Å². The van der Waals surface area contributed by atoms with Crippen molar-refractivity contribution < 1.29 is 18.4 Å². The summed E-state index contributed by atoms with van der Waals surface area (Å²) in [5.74, 6) is -0.586. The van der Waals surface area contributed by atoms with Crippen LogP contribution >= 0.6 is 0 Å². The molecule has 0 unspecified atom stereocenters. The molecule has 5 rings (SSSR count). The highest BCUT2D eigenvalue weighted by atomic mass is 19.1. The van der Waals surface area contributed by atoms with Gasteiger partial charge in [0.1, 0.15) is 23.6 Å². The van der Waals surface area contributed by atoms with Gasteiger partial charge in [-0.1, -0.05) is 6.07 Å². The molecule has 1 amide bonds. The predicted octanol–water partition coefficient (Wildman–Crippen LogP) is 4.64. The summed E-state index contributed by atoms with van der Waals surface area (Å²) >= 11 is 0. The number of halogens is 2. The highest BCUT2D eigenvalue weighted by molar-refractivity contribution is 5.84. The number of hydrogen-bond acceptors (Lipinski definition) is 3. The van der Waals surface area contributed by atoms with Crippen molar-refractivity contribution in [1.29, 1.82) is 0 Å². The summed E-state index contributed by atoms with van der Waals surface area (Å²) < 4.78 is 29.8. The zero-order valence-corrected chi connectivity index (χ0v) is 18.5. The largest absolute Gasteiger partial charge is 0.337 e. The van der Waals surface area contributed by atoms with Crippen molar-refractivity contribution in [2.45, 2.75) is 51.6 Å². The molecule has 0 radical (unpaired) electrons. The first kappa shape index (κ1) is 21.7. The Balaban J connectivity index is 1.39. The molecule has 0 saturated heterocycles. The van der Waals surface area contributed by atoms with Crippen molar-refractivity contribution in [3.63, 3.8) is 0 Å². The number of benzene rings is 1. The molecule has 2 aromatic heterocycles. The maximum atomic E-state index is 14.4. The third kappa shape index (κ3) is 4.28. The lowest BCUT2D eigenvalue weighted by Gasteiger charge is -2.31. The van der Waals surface area contributed by atoms with Gasteiger partial charge in [-0.05, 0) is 61.8 Å². The van der Waals surface area contributed by atoms with E-state index in [0.717, 1.165) is 66.7 Å². The molecule has 3 heterocycles. The Morgan fingerprint density at radius 3 is 2.73 bits per heavy atom. The van der Waals surface area contributed by atoms with Crippen LogP contribution in [0, 0.1) is 23.5 Å². The van der Waals surface area contributed by atoms with Crippen molar-refractivity contribution >= 4 is 23.2 Å². The number of carbonyl (C=O) groups is 2. The summed E-state index contributed by atoms with van der Waals surface area (Å²) in [6.45, 7) is 1.33. The molecule has 0 N–H and O–H groups in total. The number of aromatic nitrogens is 2. The smallest absolute Gasteiger partial charge is 0.223 e. The molecule has 2 aliphatic rings. The molecule has 1 aliphatic carbocycles. The van der Waals surface area contributed by atoms with E-state index in [1.165, 1.54) is 12.1 Å². The van der Waals surface area contributed by atoms with E-state index in [0.29, 0.717) is 31.0 Å². The quantitative estimate of drug-likeness (QED) is 0.531. The Hall–Kier alpha value is -3.09. The normalized spacial score (nSPS) is 20.6. The zero-order valence-electron chi connectivity index (χ0n) is 18.5. The Bertz CT molecular complexity index is 1200. The van der Waals surface area contributed by atoms with Crippen molar-refractivity contribution in [3.8, 4) is 0 Å². The van der Waals surface area contributed by atoms with Gasteiger partial charge in [0.25, 0.3) is 0 Å². The molecule has 1 saturated carbocycles. The molecule has 1 aromatic carbocycles. The van der Waals surface area contributed by atoms with E-state index in [1.807, 2.05) is 21.6 Å². The molecule has 3 aromatic rings. The molecule has 33 heavy (non-hydrogen) atoms. The highest BCUT2D eigenvalue weighted by Crippen LogP contribution is 2.33. The minimum absolute atomic E-state index is 0.132. The van der Waals surface area contributed by atoms with E-state index in [4.69, 9.17) is 0 Å².